The topological polar surface area (TPSA) is 62.7 Å². The number of hydrogen-bond acceptors (Lipinski definition) is 5. The molecule has 0 unspecified atom stereocenters. The Kier molecular flexibility index (Phi) is 5.38. The average Bonchev–Trinajstić information content (AvgIpc) is 2.91. The zero-order chi connectivity index (χ0) is 16.1. The van der Waals surface area contributed by atoms with Crippen molar-refractivity contribution in [2.24, 2.45) is 0 Å². The molecule has 0 atom stereocenters. The molecule has 1 N–H and O–H groups in total. The van der Waals surface area contributed by atoms with Crippen LogP contribution in [0, 0.1) is 0 Å². The molecule has 2 aromatic rings. The van der Waals surface area contributed by atoms with Gasteiger partial charge in [-0.1, -0.05) is 13.0 Å². The van der Waals surface area contributed by atoms with Crippen molar-refractivity contribution in [3.05, 3.63) is 39.8 Å². The van der Waals surface area contributed by atoms with Crippen LogP contribution < -0.4 is 9.64 Å². The number of aromatic nitrogens is 1. The molecule has 22 heavy (non-hydrogen) atoms. The highest BCUT2D eigenvalue weighted by Crippen LogP contribution is 2.22. The summed E-state index contributed by atoms with van der Waals surface area (Å²) in [7, 11) is 3.96. The van der Waals surface area contributed by atoms with Gasteiger partial charge in [-0.25, -0.2) is 9.78 Å². The van der Waals surface area contributed by atoms with Crippen LogP contribution in [0.4, 0.5) is 5.69 Å². The second kappa shape index (κ2) is 7.26. The number of thiazole rings is 1. The highest BCUT2D eigenvalue weighted by atomic mass is 32.1. The minimum absolute atomic E-state index is 0.340. The van der Waals surface area contributed by atoms with Crippen molar-refractivity contribution in [2.45, 2.75) is 19.8 Å². The van der Waals surface area contributed by atoms with E-state index in [2.05, 4.69) is 4.98 Å². The number of rotatable bonds is 7. The van der Waals surface area contributed by atoms with Crippen molar-refractivity contribution < 1.29 is 14.6 Å². The largest absolute Gasteiger partial charge is 0.493 e. The van der Waals surface area contributed by atoms with E-state index < -0.39 is 5.97 Å². The van der Waals surface area contributed by atoms with Crippen molar-refractivity contribution in [1.82, 2.24) is 4.98 Å². The molecule has 0 saturated heterocycles. The molecule has 1 heterocycles. The second-order valence-electron chi connectivity index (χ2n) is 5.03. The Balaban J connectivity index is 1.96. The molecule has 0 fully saturated rings. The second-order valence-corrected chi connectivity index (χ2v) is 6.12. The zero-order valence-electron chi connectivity index (χ0n) is 13.0. The van der Waals surface area contributed by atoms with E-state index in [1.165, 1.54) is 11.3 Å². The quantitative estimate of drug-likeness (QED) is 0.849. The van der Waals surface area contributed by atoms with Gasteiger partial charge in [0, 0.05) is 32.3 Å². The van der Waals surface area contributed by atoms with Crippen molar-refractivity contribution in [1.29, 1.82) is 0 Å². The van der Waals surface area contributed by atoms with Crippen molar-refractivity contribution in [2.75, 3.05) is 25.6 Å². The van der Waals surface area contributed by atoms with Crippen LogP contribution in [0.3, 0.4) is 0 Å². The number of benzene rings is 1. The molecule has 5 nitrogen and oxygen atoms in total. The maximum Gasteiger partial charge on any atom is 0.347 e. The third-order valence-corrected chi connectivity index (χ3v) is 4.33. The molecule has 118 valence electrons. The number of ether oxygens (including phenoxy) is 1. The average molecular weight is 320 g/mol. The van der Waals surface area contributed by atoms with Gasteiger partial charge in [0.2, 0.25) is 0 Å². The van der Waals surface area contributed by atoms with Gasteiger partial charge in [-0.05, 0) is 18.6 Å². The van der Waals surface area contributed by atoms with Gasteiger partial charge < -0.3 is 14.7 Å². The van der Waals surface area contributed by atoms with Gasteiger partial charge in [0.1, 0.15) is 10.6 Å². The fourth-order valence-corrected chi connectivity index (χ4v) is 2.99. The third kappa shape index (κ3) is 3.98. The minimum Gasteiger partial charge on any atom is -0.493 e. The van der Waals surface area contributed by atoms with Gasteiger partial charge >= 0.3 is 5.97 Å². The van der Waals surface area contributed by atoms with E-state index in [1.807, 2.05) is 50.2 Å². The van der Waals surface area contributed by atoms with Crippen LogP contribution in [0.1, 0.15) is 27.3 Å². The van der Waals surface area contributed by atoms with E-state index in [1.54, 1.807) is 0 Å². The Morgan fingerprint density at radius 2 is 2.18 bits per heavy atom. The van der Waals surface area contributed by atoms with Crippen LogP contribution in [-0.4, -0.2) is 36.8 Å². The molecule has 6 heteroatoms. The number of aromatic carboxylic acids is 1. The van der Waals surface area contributed by atoms with Gasteiger partial charge in [0.05, 0.1) is 17.3 Å². The van der Waals surface area contributed by atoms with Crippen LogP contribution in [0.25, 0.3) is 0 Å². The van der Waals surface area contributed by atoms with Gasteiger partial charge in [0.25, 0.3) is 0 Å². The van der Waals surface area contributed by atoms with Crippen LogP contribution in [-0.2, 0) is 12.8 Å². The summed E-state index contributed by atoms with van der Waals surface area (Å²) in [5.74, 6) is -0.0999. The van der Waals surface area contributed by atoms with Crippen molar-refractivity contribution in [3.8, 4) is 5.75 Å². The van der Waals surface area contributed by atoms with E-state index in [4.69, 9.17) is 9.84 Å². The Morgan fingerprint density at radius 3 is 2.77 bits per heavy atom. The summed E-state index contributed by atoms with van der Waals surface area (Å²) < 4.78 is 5.74. The lowest BCUT2D eigenvalue weighted by molar-refractivity contribution is 0.0701. The van der Waals surface area contributed by atoms with E-state index >= 15 is 0 Å². The predicted molar refractivity (Wildman–Crippen MR) is 88.4 cm³/mol. The SMILES string of the molecule is CCc1nc(CCOc2cccc(N(C)C)c2)sc1C(=O)O. The number of nitrogens with zero attached hydrogens (tertiary/aromatic N) is 2. The molecular formula is C16H20N2O3S. The van der Waals surface area contributed by atoms with Gasteiger partial charge in [-0.15, -0.1) is 11.3 Å². The first-order valence-electron chi connectivity index (χ1n) is 7.13. The maximum atomic E-state index is 11.1. The van der Waals surface area contributed by atoms with Crippen LogP contribution in [0.2, 0.25) is 0 Å². The van der Waals surface area contributed by atoms with Gasteiger partial charge in [-0.3, -0.25) is 0 Å². The number of aryl methyl sites for hydroxylation is 1. The lowest BCUT2D eigenvalue weighted by atomic mass is 10.3. The Labute approximate surface area is 134 Å². The minimum atomic E-state index is -0.903. The molecule has 1 aromatic carbocycles. The van der Waals surface area contributed by atoms with Crippen LogP contribution in [0.5, 0.6) is 5.75 Å². The van der Waals surface area contributed by atoms with E-state index in [-0.39, 0.29) is 0 Å². The third-order valence-electron chi connectivity index (χ3n) is 3.19. The fraction of sp³-hybridized carbons (Fsp3) is 0.375. The standard InChI is InChI=1S/C16H20N2O3S/c1-4-13-15(16(19)20)22-14(17-13)8-9-21-12-7-5-6-11(10-12)18(2)3/h5-7,10H,4,8-9H2,1-3H3,(H,19,20). The summed E-state index contributed by atoms with van der Waals surface area (Å²) >= 11 is 1.24. The molecular weight excluding hydrogens is 300 g/mol. The molecule has 0 aliphatic rings. The summed E-state index contributed by atoms with van der Waals surface area (Å²) in [6.07, 6.45) is 1.24. The summed E-state index contributed by atoms with van der Waals surface area (Å²) in [4.78, 5) is 17.9. The molecule has 2 rings (SSSR count). The first-order chi connectivity index (χ1) is 10.5. The number of carboxylic acids is 1. The van der Waals surface area contributed by atoms with Crippen molar-refractivity contribution in [3.63, 3.8) is 0 Å². The number of anilines is 1. The molecule has 0 spiro atoms. The molecule has 1 aromatic heterocycles. The first-order valence-corrected chi connectivity index (χ1v) is 7.95. The zero-order valence-corrected chi connectivity index (χ0v) is 13.8. The molecule has 0 aliphatic carbocycles. The maximum absolute atomic E-state index is 11.1. The molecule has 0 saturated carbocycles. The van der Waals surface area contributed by atoms with Crippen molar-refractivity contribution >= 4 is 23.0 Å². The summed E-state index contributed by atoms with van der Waals surface area (Å²) in [6, 6.07) is 7.85. The molecule has 0 radical (unpaired) electrons. The summed E-state index contributed by atoms with van der Waals surface area (Å²) in [5, 5.41) is 9.93. The van der Waals surface area contributed by atoms with Crippen LogP contribution >= 0.6 is 11.3 Å². The monoisotopic (exact) mass is 320 g/mol. The highest BCUT2D eigenvalue weighted by Gasteiger charge is 2.15. The predicted octanol–water partition coefficient (Wildman–Crippen LogP) is 3.09. The Hall–Kier alpha value is -2.08. The van der Waals surface area contributed by atoms with E-state index in [0.29, 0.717) is 30.0 Å². The smallest absolute Gasteiger partial charge is 0.347 e. The lowest BCUT2D eigenvalue weighted by Crippen LogP contribution is -2.09. The lowest BCUT2D eigenvalue weighted by Gasteiger charge is -2.13. The molecule has 0 amide bonds. The van der Waals surface area contributed by atoms with Gasteiger partial charge in [0.15, 0.2) is 0 Å². The molecule has 0 aliphatic heterocycles. The normalized spacial score (nSPS) is 10.5. The Bertz CT molecular complexity index is 653. The summed E-state index contributed by atoms with van der Waals surface area (Å²) in [6.45, 7) is 2.39. The highest BCUT2D eigenvalue weighted by molar-refractivity contribution is 7.13. The number of carboxylic acid groups (broad SMARTS) is 1. The first kappa shape index (κ1) is 16.3. The van der Waals surface area contributed by atoms with Crippen LogP contribution in [0.15, 0.2) is 24.3 Å². The fourth-order valence-electron chi connectivity index (χ4n) is 2.02. The number of carbonyl (C=O) groups is 1. The number of hydrogen-bond donors (Lipinski definition) is 1. The summed E-state index contributed by atoms with van der Waals surface area (Å²) in [5.41, 5.74) is 1.73. The van der Waals surface area contributed by atoms with E-state index in [9.17, 15) is 4.79 Å². The van der Waals surface area contributed by atoms with E-state index in [0.717, 1.165) is 16.4 Å². The molecule has 0 bridgehead atoms. The van der Waals surface area contributed by atoms with Gasteiger partial charge in [-0.2, -0.15) is 0 Å². The Morgan fingerprint density at radius 1 is 1.41 bits per heavy atom.